The molecule has 0 aliphatic rings. The Morgan fingerprint density at radius 3 is 2.27 bits per heavy atom. The summed E-state index contributed by atoms with van der Waals surface area (Å²) in [5.41, 5.74) is -0.847. The van der Waals surface area contributed by atoms with Crippen LogP contribution in [0.15, 0.2) is 42.5 Å². The highest BCUT2D eigenvalue weighted by atomic mass is 19.4. The van der Waals surface area contributed by atoms with Gasteiger partial charge in [-0.2, -0.15) is 13.2 Å². The Labute approximate surface area is 124 Å². The number of anilines is 1. The number of nitrogens with one attached hydrogen (secondary N) is 1. The number of ether oxygens (including phenoxy) is 1. The van der Waals surface area contributed by atoms with Crippen LogP contribution < -0.4 is 10.1 Å². The van der Waals surface area contributed by atoms with Crippen molar-refractivity contribution in [2.45, 2.75) is 6.18 Å². The number of benzene rings is 2. The minimum Gasteiger partial charge on any atom is -0.507 e. The second-order valence-electron chi connectivity index (χ2n) is 4.41. The summed E-state index contributed by atoms with van der Waals surface area (Å²) < 4.78 is 42.4. The first-order valence-corrected chi connectivity index (χ1v) is 6.17. The van der Waals surface area contributed by atoms with E-state index in [-0.39, 0.29) is 5.56 Å². The Morgan fingerprint density at radius 2 is 1.77 bits per heavy atom. The van der Waals surface area contributed by atoms with Crippen molar-refractivity contribution in [2.24, 2.45) is 0 Å². The van der Waals surface area contributed by atoms with Crippen LogP contribution in [0.1, 0.15) is 15.9 Å². The van der Waals surface area contributed by atoms with Gasteiger partial charge in [-0.3, -0.25) is 4.79 Å². The molecule has 7 heteroatoms. The summed E-state index contributed by atoms with van der Waals surface area (Å²) in [6.45, 7) is 0. The topological polar surface area (TPSA) is 58.6 Å². The van der Waals surface area contributed by atoms with E-state index in [1.165, 1.54) is 7.11 Å². The van der Waals surface area contributed by atoms with Gasteiger partial charge in [0, 0.05) is 5.69 Å². The average Bonchev–Trinajstić information content (AvgIpc) is 2.46. The molecule has 0 atom stereocenters. The number of carbonyl (C=O) groups excluding carboxylic acids is 1. The molecule has 0 bridgehead atoms. The van der Waals surface area contributed by atoms with Crippen molar-refractivity contribution in [3.8, 4) is 11.5 Å². The number of aromatic hydroxyl groups is 1. The van der Waals surface area contributed by atoms with E-state index in [0.717, 1.165) is 12.1 Å². The lowest BCUT2D eigenvalue weighted by atomic mass is 10.1. The summed E-state index contributed by atoms with van der Waals surface area (Å²) >= 11 is 0. The van der Waals surface area contributed by atoms with Gasteiger partial charge in [-0.15, -0.1) is 0 Å². The molecule has 4 nitrogen and oxygen atoms in total. The lowest BCUT2D eigenvalue weighted by Crippen LogP contribution is -2.13. The van der Waals surface area contributed by atoms with Crippen LogP contribution >= 0.6 is 0 Å². The molecular weight excluding hydrogens is 299 g/mol. The third-order valence-corrected chi connectivity index (χ3v) is 2.92. The van der Waals surface area contributed by atoms with Crippen LogP contribution in [0.25, 0.3) is 0 Å². The maximum atomic E-state index is 12.5. The predicted molar refractivity (Wildman–Crippen MR) is 74.1 cm³/mol. The maximum Gasteiger partial charge on any atom is 0.416 e. The van der Waals surface area contributed by atoms with Gasteiger partial charge in [0.25, 0.3) is 5.91 Å². The van der Waals surface area contributed by atoms with Crippen molar-refractivity contribution in [1.82, 2.24) is 0 Å². The van der Waals surface area contributed by atoms with E-state index in [0.29, 0.717) is 17.5 Å². The Hall–Kier alpha value is -2.70. The average molecular weight is 311 g/mol. The zero-order chi connectivity index (χ0) is 16.3. The molecule has 0 saturated carbocycles. The molecule has 1 amide bonds. The minimum absolute atomic E-state index is 0.246. The fourth-order valence-electron chi connectivity index (χ4n) is 1.77. The lowest BCUT2D eigenvalue weighted by molar-refractivity contribution is -0.137. The normalized spacial score (nSPS) is 11.1. The van der Waals surface area contributed by atoms with Crippen molar-refractivity contribution in [3.63, 3.8) is 0 Å². The third-order valence-electron chi connectivity index (χ3n) is 2.92. The molecule has 22 heavy (non-hydrogen) atoms. The first-order chi connectivity index (χ1) is 10.3. The second-order valence-corrected chi connectivity index (χ2v) is 4.41. The van der Waals surface area contributed by atoms with Crippen LogP contribution in [0.3, 0.4) is 0 Å². The highest BCUT2D eigenvalue weighted by molar-refractivity contribution is 6.06. The van der Waals surface area contributed by atoms with Gasteiger partial charge in [-0.05, 0) is 42.5 Å². The molecule has 0 unspecified atom stereocenters. The number of halogens is 3. The summed E-state index contributed by atoms with van der Waals surface area (Å²) in [6.07, 6.45) is -4.58. The van der Waals surface area contributed by atoms with Crippen molar-refractivity contribution in [3.05, 3.63) is 53.6 Å². The number of rotatable bonds is 3. The first-order valence-electron chi connectivity index (χ1n) is 6.17. The molecule has 2 aromatic rings. The highest BCUT2D eigenvalue weighted by Crippen LogP contribution is 2.32. The molecule has 0 fully saturated rings. The van der Waals surface area contributed by atoms with Gasteiger partial charge < -0.3 is 15.2 Å². The van der Waals surface area contributed by atoms with E-state index in [2.05, 4.69) is 5.32 Å². The van der Waals surface area contributed by atoms with Gasteiger partial charge >= 0.3 is 6.18 Å². The van der Waals surface area contributed by atoms with Crippen molar-refractivity contribution >= 4 is 11.6 Å². The molecule has 2 rings (SSSR count). The van der Waals surface area contributed by atoms with Gasteiger partial charge in [0.1, 0.15) is 11.5 Å². The number of alkyl halides is 3. The van der Waals surface area contributed by atoms with Crippen molar-refractivity contribution in [2.75, 3.05) is 12.4 Å². The molecule has 116 valence electrons. The second kappa shape index (κ2) is 5.97. The molecule has 2 aromatic carbocycles. The van der Waals surface area contributed by atoms with Crippen molar-refractivity contribution in [1.29, 1.82) is 0 Å². The van der Waals surface area contributed by atoms with Crippen molar-refractivity contribution < 1.29 is 27.8 Å². The summed E-state index contributed by atoms with van der Waals surface area (Å²) in [7, 11) is 1.49. The molecule has 2 N–H and O–H groups in total. The smallest absolute Gasteiger partial charge is 0.416 e. The van der Waals surface area contributed by atoms with E-state index in [1.54, 1.807) is 24.3 Å². The zero-order valence-corrected chi connectivity index (χ0v) is 11.4. The van der Waals surface area contributed by atoms with E-state index >= 15 is 0 Å². The molecule has 0 aliphatic carbocycles. The summed E-state index contributed by atoms with van der Waals surface area (Å²) in [5, 5.41) is 12.1. The standard InChI is InChI=1S/C15H12F3NO3/c1-22-11-5-3-10(4-6-11)19-14(21)12-7-2-9(8-13(12)20)15(16,17)18/h2-8,20H,1H3,(H,19,21). The number of hydrogen-bond donors (Lipinski definition) is 2. The van der Waals surface area contributed by atoms with Crippen LogP contribution in [0.2, 0.25) is 0 Å². The zero-order valence-electron chi connectivity index (χ0n) is 11.4. The van der Waals surface area contributed by atoms with Gasteiger partial charge in [0.15, 0.2) is 0 Å². The number of carbonyl (C=O) groups is 1. The van der Waals surface area contributed by atoms with E-state index < -0.39 is 23.4 Å². The van der Waals surface area contributed by atoms with Crippen LogP contribution in [-0.2, 0) is 6.18 Å². The Morgan fingerprint density at radius 1 is 1.14 bits per heavy atom. The fourth-order valence-corrected chi connectivity index (χ4v) is 1.77. The maximum absolute atomic E-state index is 12.5. The number of hydrogen-bond acceptors (Lipinski definition) is 3. The number of phenolic OH excluding ortho intramolecular Hbond substituents is 1. The van der Waals surface area contributed by atoms with Crippen LogP contribution in [0.5, 0.6) is 11.5 Å². The first kappa shape index (κ1) is 15.7. The number of methoxy groups -OCH3 is 1. The number of phenols is 1. The molecule has 0 radical (unpaired) electrons. The van der Waals surface area contributed by atoms with Gasteiger partial charge in [0.2, 0.25) is 0 Å². The van der Waals surface area contributed by atoms with E-state index in [4.69, 9.17) is 4.74 Å². The van der Waals surface area contributed by atoms with E-state index in [1.807, 2.05) is 0 Å². The molecule has 0 spiro atoms. The van der Waals surface area contributed by atoms with Crippen LogP contribution in [-0.4, -0.2) is 18.1 Å². The Bertz CT molecular complexity index is 681. The SMILES string of the molecule is COc1ccc(NC(=O)c2ccc(C(F)(F)F)cc2O)cc1. The number of amides is 1. The molecule has 0 aromatic heterocycles. The minimum atomic E-state index is -4.58. The van der Waals surface area contributed by atoms with Crippen LogP contribution in [0, 0.1) is 0 Å². The summed E-state index contributed by atoms with van der Waals surface area (Å²) in [4.78, 5) is 12.0. The fraction of sp³-hybridized carbons (Fsp3) is 0.133. The largest absolute Gasteiger partial charge is 0.507 e. The Balaban J connectivity index is 2.18. The third kappa shape index (κ3) is 3.49. The molecule has 0 heterocycles. The molecule has 0 saturated heterocycles. The van der Waals surface area contributed by atoms with Gasteiger partial charge in [0.05, 0.1) is 18.2 Å². The van der Waals surface area contributed by atoms with Gasteiger partial charge in [-0.25, -0.2) is 0 Å². The van der Waals surface area contributed by atoms with E-state index in [9.17, 15) is 23.1 Å². The quantitative estimate of drug-likeness (QED) is 0.909. The predicted octanol–water partition coefficient (Wildman–Crippen LogP) is 3.67. The summed E-state index contributed by atoms with van der Waals surface area (Å²) in [6, 6.07) is 8.54. The highest BCUT2D eigenvalue weighted by Gasteiger charge is 2.31. The monoisotopic (exact) mass is 311 g/mol. The van der Waals surface area contributed by atoms with Crippen LogP contribution in [0.4, 0.5) is 18.9 Å². The molecular formula is C15H12F3NO3. The lowest BCUT2D eigenvalue weighted by Gasteiger charge is -2.10. The summed E-state index contributed by atoms with van der Waals surface area (Å²) in [5.74, 6) is -0.854. The Kier molecular flexibility index (Phi) is 4.25. The molecule has 0 aliphatic heterocycles. The van der Waals surface area contributed by atoms with Gasteiger partial charge in [-0.1, -0.05) is 0 Å².